The van der Waals surface area contributed by atoms with Crippen molar-refractivity contribution in [3.05, 3.63) is 22.3 Å². The van der Waals surface area contributed by atoms with Gasteiger partial charge >= 0.3 is 0 Å². The minimum Gasteiger partial charge on any atom is -0.370 e. The first kappa shape index (κ1) is 12.5. The lowest BCUT2D eigenvalue weighted by atomic mass is 10.2. The maximum absolute atomic E-state index is 4.32. The van der Waals surface area contributed by atoms with Gasteiger partial charge in [-0.2, -0.15) is 0 Å². The van der Waals surface area contributed by atoms with E-state index in [1.54, 1.807) is 0 Å². The van der Waals surface area contributed by atoms with Crippen LogP contribution in [0.25, 0.3) is 0 Å². The van der Waals surface area contributed by atoms with Crippen LogP contribution in [0, 0.1) is 6.92 Å². The van der Waals surface area contributed by atoms with Crippen molar-refractivity contribution in [3.63, 3.8) is 0 Å². The monoisotopic (exact) mass is 271 g/mol. The zero-order valence-electron chi connectivity index (χ0n) is 9.47. The van der Waals surface area contributed by atoms with E-state index in [2.05, 4.69) is 51.5 Å². The second-order valence-electron chi connectivity index (χ2n) is 3.72. The van der Waals surface area contributed by atoms with E-state index in [0.29, 0.717) is 6.04 Å². The minimum atomic E-state index is 0.535. The molecule has 0 aliphatic carbocycles. The van der Waals surface area contributed by atoms with Gasteiger partial charge in [-0.3, -0.25) is 0 Å². The number of nitrogens with zero attached hydrogens (tertiary/aromatic N) is 1. The molecule has 2 N–H and O–H groups in total. The fraction of sp³-hybridized carbons (Fsp3) is 0.545. The van der Waals surface area contributed by atoms with Crippen LogP contribution < -0.4 is 10.6 Å². The van der Waals surface area contributed by atoms with Gasteiger partial charge in [0.15, 0.2) is 0 Å². The molecule has 3 nitrogen and oxygen atoms in total. The van der Waals surface area contributed by atoms with E-state index >= 15 is 0 Å². The number of aryl methyl sites for hydroxylation is 1. The minimum absolute atomic E-state index is 0.535. The maximum Gasteiger partial charge on any atom is 0.128 e. The molecule has 0 amide bonds. The number of rotatable bonds is 5. The second-order valence-corrected chi connectivity index (χ2v) is 4.64. The Labute approximate surface area is 99.8 Å². The summed E-state index contributed by atoms with van der Waals surface area (Å²) >= 11 is 3.40. The number of hydrogen-bond donors (Lipinski definition) is 2. The zero-order chi connectivity index (χ0) is 11.3. The Morgan fingerprint density at radius 1 is 1.53 bits per heavy atom. The second kappa shape index (κ2) is 6.08. The summed E-state index contributed by atoms with van der Waals surface area (Å²) in [6, 6.07) is 2.60. The Hall–Kier alpha value is -0.610. The summed E-state index contributed by atoms with van der Waals surface area (Å²) in [6.45, 7) is 5.17. The van der Waals surface area contributed by atoms with Crippen LogP contribution in [0.4, 0.5) is 5.82 Å². The van der Waals surface area contributed by atoms with E-state index in [9.17, 15) is 0 Å². The summed E-state index contributed by atoms with van der Waals surface area (Å²) in [4.78, 5) is 4.32. The molecule has 0 saturated heterocycles. The van der Waals surface area contributed by atoms with E-state index in [0.717, 1.165) is 23.3 Å². The molecule has 1 rings (SSSR count). The molecule has 0 aliphatic heterocycles. The predicted octanol–water partition coefficient (Wildman–Crippen LogP) is 2.56. The number of halogens is 1. The first-order chi connectivity index (χ1) is 7.13. The third-order valence-corrected chi connectivity index (χ3v) is 2.84. The fourth-order valence-corrected chi connectivity index (χ4v) is 1.72. The van der Waals surface area contributed by atoms with Gasteiger partial charge in [0.2, 0.25) is 0 Å². The van der Waals surface area contributed by atoms with Gasteiger partial charge < -0.3 is 10.6 Å². The summed E-state index contributed by atoms with van der Waals surface area (Å²) in [7, 11) is 1.98. The van der Waals surface area contributed by atoms with Crippen molar-refractivity contribution in [2.75, 3.05) is 18.9 Å². The van der Waals surface area contributed by atoms with E-state index in [1.807, 2.05) is 13.2 Å². The first-order valence-electron chi connectivity index (χ1n) is 5.16. The van der Waals surface area contributed by atoms with Crippen LogP contribution in [-0.4, -0.2) is 24.6 Å². The van der Waals surface area contributed by atoms with Gasteiger partial charge in [-0.15, -0.1) is 0 Å². The Morgan fingerprint density at radius 3 is 2.87 bits per heavy atom. The van der Waals surface area contributed by atoms with Crippen LogP contribution in [0.15, 0.2) is 16.7 Å². The lowest BCUT2D eigenvalue weighted by molar-refractivity contribution is 0.580. The predicted molar refractivity (Wildman–Crippen MR) is 68.3 cm³/mol. The number of hydrogen-bond acceptors (Lipinski definition) is 3. The first-order valence-corrected chi connectivity index (χ1v) is 5.96. The number of anilines is 1. The third kappa shape index (κ3) is 4.18. The molecule has 84 valence electrons. The van der Waals surface area contributed by atoms with E-state index < -0.39 is 0 Å². The number of nitrogens with one attached hydrogen (secondary N) is 2. The maximum atomic E-state index is 4.32. The van der Waals surface area contributed by atoms with Gasteiger partial charge in [-0.1, -0.05) is 0 Å². The van der Waals surface area contributed by atoms with E-state index in [-0.39, 0.29) is 0 Å². The van der Waals surface area contributed by atoms with E-state index in [4.69, 9.17) is 0 Å². The van der Waals surface area contributed by atoms with Gasteiger partial charge in [-0.25, -0.2) is 4.98 Å². The molecule has 1 unspecified atom stereocenters. The van der Waals surface area contributed by atoms with Gasteiger partial charge in [0.05, 0.1) is 0 Å². The highest BCUT2D eigenvalue weighted by molar-refractivity contribution is 9.10. The average Bonchev–Trinajstić information content (AvgIpc) is 2.21. The molecule has 0 aromatic carbocycles. The van der Waals surface area contributed by atoms with Crippen molar-refractivity contribution in [2.45, 2.75) is 26.3 Å². The normalized spacial score (nSPS) is 12.5. The highest BCUT2D eigenvalue weighted by Gasteiger charge is 2.01. The standard InChI is InChI=1S/C11H18BrN3/c1-8-6-10(12)7-15-11(8)14-5-4-9(2)13-3/h6-7,9,13H,4-5H2,1-3H3,(H,14,15). The van der Waals surface area contributed by atoms with Crippen molar-refractivity contribution in [1.82, 2.24) is 10.3 Å². The van der Waals surface area contributed by atoms with E-state index in [1.165, 1.54) is 5.56 Å². The van der Waals surface area contributed by atoms with Gasteiger partial charge in [0, 0.05) is 23.3 Å². The molecule has 1 heterocycles. The summed E-state index contributed by atoms with van der Waals surface area (Å²) in [5.41, 5.74) is 1.17. The fourth-order valence-electron chi connectivity index (χ4n) is 1.28. The summed E-state index contributed by atoms with van der Waals surface area (Å²) < 4.78 is 1.02. The van der Waals surface area contributed by atoms with Crippen LogP contribution in [0.1, 0.15) is 18.9 Å². The highest BCUT2D eigenvalue weighted by Crippen LogP contribution is 2.16. The van der Waals surface area contributed by atoms with Gasteiger partial charge in [-0.05, 0) is 54.9 Å². The quantitative estimate of drug-likeness (QED) is 0.865. The topological polar surface area (TPSA) is 37.0 Å². The van der Waals surface area contributed by atoms with Crippen LogP contribution >= 0.6 is 15.9 Å². The molecular formula is C11H18BrN3. The molecule has 0 spiro atoms. The van der Waals surface area contributed by atoms with Crippen LogP contribution in [0.5, 0.6) is 0 Å². The lowest BCUT2D eigenvalue weighted by Gasteiger charge is -2.12. The van der Waals surface area contributed by atoms with Crippen LogP contribution in [0.2, 0.25) is 0 Å². The van der Waals surface area contributed by atoms with Crippen LogP contribution in [-0.2, 0) is 0 Å². The summed E-state index contributed by atoms with van der Waals surface area (Å²) in [5, 5.41) is 6.54. The Balaban J connectivity index is 2.44. The molecule has 0 radical (unpaired) electrons. The summed E-state index contributed by atoms with van der Waals surface area (Å²) in [6.07, 6.45) is 2.91. The number of aromatic nitrogens is 1. The van der Waals surface area contributed by atoms with Gasteiger partial charge in [0.25, 0.3) is 0 Å². The molecular weight excluding hydrogens is 254 g/mol. The SMILES string of the molecule is CNC(C)CCNc1ncc(Br)cc1C. The molecule has 15 heavy (non-hydrogen) atoms. The largest absolute Gasteiger partial charge is 0.370 e. The van der Waals surface area contributed by atoms with Gasteiger partial charge in [0.1, 0.15) is 5.82 Å². The Morgan fingerprint density at radius 2 is 2.27 bits per heavy atom. The Bertz CT molecular complexity index is 315. The molecule has 1 aromatic heterocycles. The lowest BCUT2D eigenvalue weighted by Crippen LogP contribution is -2.24. The third-order valence-electron chi connectivity index (χ3n) is 2.41. The summed E-state index contributed by atoms with van der Waals surface area (Å²) in [5.74, 6) is 0.974. The van der Waals surface area contributed by atoms with Crippen molar-refractivity contribution in [3.8, 4) is 0 Å². The molecule has 0 bridgehead atoms. The smallest absolute Gasteiger partial charge is 0.128 e. The molecule has 1 atom stereocenters. The van der Waals surface area contributed by atoms with Crippen molar-refractivity contribution in [1.29, 1.82) is 0 Å². The molecule has 0 saturated carbocycles. The van der Waals surface area contributed by atoms with Crippen LogP contribution in [0.3, 0.4) is 0 Å². The highest BCUT2D eigenvalue weighted by atomic mass is 79.9. The zero-order valence-corrected chi connectivity index (χ0v) is 11.1. The molecule has 4 heteroatoms. The Kier molecular flexibility index (Phi) is 5.05. The molecule has 0 fully saturated rings. The van der Waals surface area contributed by atoms with Crippen molar-refractivity contribution < 1.29 is 0 Å². The van der Waals surface area contributed by atoms with Crippen molar-refractivity contribution in [2.24, 2.45) is 0 Å². The number of pyridine rings is 1. The average molecular weight is 272 g/mol. The molecule has 1 aromatic rings. The van der Waals surface area contributed by atoms with Crippen molar-refractivity contribution >= 4 is 21.7 Å². The molecule has 0 aliphatic rings.